The van der Waals surface area contributed by atoms with Gasteiger partial charge in [0.15, 0.2) is 0 Å². The quantitative estimate of drug-likeness (QED) is 0.539. The van der Waals surface area contributed by atoms with Gasteiger partial charge in [-0.1, -0.05) is 44.2 Å². The van der Waals surface area contributed by atoms with Gasteiger partial charge < -0.3 is 0 Å². The third-order valence-corrected chi connectivity index (χ3v) is 3.10. The molecule has 78 valence electrons. The molecule has 0 aliphatic rings. The molecule has 0 unspecified atom stereocenters. The zero-order chi connectivity index (χ0) is 11.3. The van der Waals surface area contributed by atoms with E-state index in [-0.39, 0.29) is 5.78 Å². The standard InChI is InChI=1S/C14H16O/c1-4-13(15)14(5-2,6-3)12-10-8-7-9-11-12/h1,7-11H,5-6H2,2-3H3. The minimum Gasteiger partial charge on any atom is -0.284 e. The van der Waals surface area contributed by atoms with E-state index in [4.69, 9.17) is 6.42 Å². The number of carbonyl (C=O) groups excluding carboxylic acids is 1. The highest BCUT2D eigenvalue weighted by Gasteiger charge is 2.35. The SMILES string of the molecule is C#CC(=O)C(CC)(CC)c1ccccc1. The van der Waals surface area contributed by atoms with Crippen molar-refractivity contribution in [2.75, 3.05) is 0 Å². The molecule has 0 aliphatic heterocycles. The van der Waals surface area contributed by atoms with E-state index in [0.717, 1.165) is 18.4 Å². The largest absolute Gasteiger partial charge is 0.284 e. The summed E-state index contributed by atoms with van der Waals surface area (Å²) in [6.45, 7) is 4.01. The molecule has 1 rings (SSSR count). The maximum Gasteiger partial charge on any atom is 0.215 e. The molecule has 0 spiro atoms. The van der Waals surface area contributed by atoms with Crippen LogP contribution >= 0.6 is 0 Å². The first-order chi connectivity index (χ1) is 7.21. The molecule has 1 aromatic carbocycles. The summed E-state index contributed by atoms with van der Waals surface area (Å²) in [5, 5.41) is 0. The Balaban J connectivity index is 3.25. The molecule has 0 amide bonds. The van der Waals surface area contributed by atoms with Crippen LogP contribution in [0, 0.1) is 12.3 Å². The van der Waals surface area contributed by atoms with Crippen molar-refractivity contribution in [2.24, 2.45) is 0 Å². The van der Waals surface area contributed by atoms with Crippen molar-refractivity contribution in [2.45, 2.75) is 32.1 Å². The van der Waals surface area contributed by atoms with E-state index in [1.165, 1.54) is 0 Å². The van der Waals surface area contributed by atoms with Crippen LogP contribution in [0.25, 0.3) is 0 Å². The van der Waals surface area contributed by atoms with Gasteiger partial charge in [-0.25, -0.2) is 0 Å². The van der Waals surface area contributed by atoms with Crippen molar-refractivity contribution >= 4 is 5.78 Å². The Kier molecular flexibility index (Phi) is 3.68. The highest BCUT2D eigenvalue weighted by Crippen LogP contribution is 2.32. The van der Waals surface area contributed by atoms with E-state index in [1.807, 2.05) is 44.2 Å². The van der Waals surface area contributed by atoms with Gasteiger partial charge in [-0.15, -0.1) is 6.42 Å². The highest BCUT2D eigenvalue weighted by molar-refractivity contribution is 6.03. The summed E-state index contributed by atoms with van der Waals surface area (Å²) in [5.74, 6) is 2.15. The van der Waals surface area contributed by atoms with E-state index in [0.29, 0.717) is 0 Å². The van der Waals surface area contributed by atoms with Crippen molar-refractivity contribution in [1.29, 1.82) is 0 Å². The molecule has 0 N–H and O–H groups in total. The molecule has 0 heterocycles. The maximum absolute atomic E-state index is 11.9. The van der Waals surface area contributed by atoms with Gasteiger partial charge in [0.1, 0.15) is 0 Å². The van der Waals surface area contributed by atoms with E-state index in [2.05, 4.69) is 5.92 Å². The molecule has 0 radical (unpaired) electrons. The lowest BCUT2D eigenvalue weighted by molar-refractivity contribution is -0.119. The molecule has 0 fully saturated rings. The van der Waals surface area contributed by atoms with Gasteiger partial charge in [-0.05, 0) is 24.3 Å². The summed E-state index contributed by atoms with van der Waals surface area (Å²) in [7, 11) is 0. The van der Waals surface area contributed by atoms with Gasteiger partial charge in [0.05, 0.1) is 5.41 Å². The van der Waals surface area contributed by atoms with Crippen molar-refractivity contribution in [3.8, 4) is 12.3 Å². The van der Waals surface area contributed by atoms with E-state index in [1.54, 1.807) is 0 Å². The summed E-state index contributed by atoms with van der Waals surface area (Å²) in [4.78, 5) is 11.9. The van der Waals surface area contributed by atoms with Crippen molar-refractivity contribution in [3.05, 3.63) is 35.9 Å². The summed E-state index contributed by atoms with van der Waals surface area (Å²) in [6, 6.07) is 9.78. The molecule has 0 aromatic heterocycles. The fourth-order valence-electron chi connectivity index (χ4n) is 2.01. The number of benzene rings is 1. The lowest BCUT2D eigenvalue weighted by Crippen LogP contribution is -2.33. The van der Waals surface area contributed by atoms with Crippen molar-refractivity contribution < 1.29 is 4.79 Å². The molecule has 0 saturated carbocycles. The Morgan fingerprint density at radius 3 is 2.20 bits per heavy atom. The Morgan fingerprint density at radius 2 is 1.80 bits per heavy atom. The lowest BCUT2D eigenvalue weighted by Gasteiger charge is -2.28. The minimum absolute atomic E-state index is 0.112. The number of ketones is 1. The zero-order valence-corrected chi connectivity index (χ0v) is 9.29. The van der Waals surface area contributed by atoms with Crippen LogP contribution in [0.3, 0.4) is 0 Å². The zero-order valence-electron chi connectivity index (χ0n) is 9.29. The van der Waals surface area contributed by atoms with Gasteiger partial charge in [-0.2, -0.15) is 0 Å². The monoisotopic (exact) mass is 200 g/mol. The number of terminal acetylenes is 1. The third-order valence-electron chi connectivity index (χ3n) is 3.10. The van der Waals surface area contributed by atoms with Crippen LogP contribution in [0.1, 0.15) is 32.3 Å². The van der Waals surface area contributed by atoms with Crippen LogP contribution in [0.4, 0.5) is 0 Å². The number of hydrogen-bond acceptors (Lipinski definition) is 1. The average molecular weight is 200 g/mol. The molecule has 1 aromatic rings. The van der Waals surface area contributed by atoms with Crippen LogP contribution < -0.4 is 0 Å². The van der Waals surface area contributed by atoms with Crippen molar-refractivity contribution in [3.63, 3.8) is 0 Å². The number of rotatable bonds is 4. The number of hydrogen-bond donors (Lipinski definition) is 0. The third kappa shape index (κ3) is 1.94. The van der Waals surface area contributed by atoms with Gasteiger partial charge in [0.2, 0.25) is 5.78 Å². The topological polar surface area (TPSA) is 17.1 Å². The first-order valence-corrected chi connectivity index (χ1v) is 5.27. The molecule has 15 heavy (non-hydrogen) atoms. The van der Waals surface area contributed by atoms with E-state index >= 15 is 0 Å². The lowest BCUT2D eigenvalue weighted by atomic mass is 9.73. The molecule has 0 aliphatic carbocycles. The van der Waals surface area contributed by atoms with Gasteiger partial charge in [0, 0.05) is 0 Å². The second kappa shape index (κ2) is 4.79. The first kappa shape index (κ1) is 11.5. The fourth-order valence-corrected chi connectivity index (χ4v) is 2.01. The molecular formula is C14H16O. The second-order valence-electron chi connectivity index (χ2n) is 3.63. The van der Waals surface area contributed by atoms with Gasteiger partial charge in [-0.3, -0.25) is 4.79 Å². The van der Waals surface area contributed by atoms with Crippen LogP contribution in [0.5, 0.6) is 0 Å². The molecular weight excluding hydrogens is 184 g/mol. The maximum atomic E-state index is 11.9. The second-order valence-corrected chi connectivity index (χ2v) is 3.63. The average Bonchev–Trinajstić information content (AvgIpc) is 2.32. The first-order valence-electron chi connectivity index (χ1n) is 5.27. The van der Waals surface area contributed by atoms with Crippen LogP contribution in [-0.4, -0.2) is 5.78 Å². The van der Waals surface area contributed by atoms with Gasteiger partial charge in [0.25, 0.3) is 0 Å². The minimum atomic E-state index is -0.490. The van der Waals surface area contributed by atoms with Crippen LogP contribution in [-0.2, 0) is 10.2 Å². The summed E-state index contributed by atoms with van der Waals surface area (Å²) in [6.07, 6.45) is 6.74. The Bertz CT molecular complexity index is 366. The summed E-state index contributed by atoms with van der Waals surface area (Å²) >= 11 is 0. The van der Waals surface area contributed by atoms with Crippen LogP contribution in [0.2, 0.25) is 0 Å². The molecule has 1 nitrogen and oxygen atoms in total. The summed E-state index contributed by atoms with van der Waals surface area (Å²) < 4.78 is 0. The Morgan fingerprint density at radius 1 is 1.27 bits per heavy atom. The number of Topliss-reactive ketones (excluding diaryl/α,β-unsaturated/α-hetero) is 1. The Labute approximate surface area is 91.5 Å². The predicted octanol–water partition coefficient (Wildman–Crippen LogP) is 2.95. The molecule has 1 heteroatoms. The van der Waals surface area contributed by atoms with Gasteiger partial charge >= 0.3 is 0 Å². The van der Waals surface area contributed by atoms with E-state index < -0.39 is 5.41 Å². The number of carbonyl (C=O) groups is 1. The molecule has 0 bridgehead atoms. The predicted molar refractivity (Wildman–Crippen MR) is 62.5 cm³/mol. The Hall–Kier alpha value is -1.55. The van der Waals surface area contributed by atoms with E-state index in [9.17, 15) is 4.79 Å². The fraction of sp³-hybridized carbons (Fsp3) is 0.357. The molecule has 0 saturated heterocycles. The molecule has 0 atom stereocenters. The van der Waals surface area contributed by atoms with Crippen LogP contribution in [0.15, 0.2) is 30.3 Å². The highest BCUT2D eigenvalue weighted by atomic mass is 16.1. The van der Waals surface area contributed by atoms with Crippen molar-refractivity contribution in [1.82, 2.24) is 0 Å². The summed E-state index contributed by atoms with van der Waals surface area (Å²) in [5.41, 5.74) is 0.536. The smallest absolute Gasteiger partial charge is 0.215 e. The normalized spacial score (nSPS) is 10.7.